The van der Waals surface area contributed by atoms with Crippen LogP contribution in [-0.4, -0.2) is 106 Å². The van der Waals surface area contributed by atoms with E-state index in [0.717, 1.165) is 11.1 Å². The van der Waals surface area contributed by atoms with Crippen LogP contribution < -0.4 is 0 Å². The van der Waals surface area contributed by atoms with Crippen molar-refractivity contribution in [2.45, 2.75) is 38.5 Å². The number of urea groups is 1. The molecule has 0 aromatic heterocycles. The highest BCUT2D eigenvalue weighted by Crippen LogP contribution is 2.32. The van der Waals surface area contributed by atoms with Gasteiger partial charge in [0.15, 0.2) is 0 Å². The highest BCUT2D eigenvalue weighted by atomic mass is 35.5. The molecular weight excluding hydrogens is 585 g/mol. The van der Waals surface area contributed by atoms with Crippen LogP contribution in [0.15, 0.2) is 48.5 Å². The second-order valence-corrected chi connectivity index (χ2v) is 12.3. The van der Waals surface area contributed by atoms with Crippen molar-refractivity contribution in [2.24, 2.45) is 0 Å². The Labute approximate surface area is 254 Å². The average Bonchev–Trinajstić information content (AvgIpc) is 3.19. The lowest BCUT2D eigenvalue weighted by atomic mass is 9.96. The van der Waals surface area contributed by atoms with Gasteiger partial charge in [-0.2, -0.15) is 0 Å². The van der Waals surface area contributed by atoms with Crippen LogP contribution in [0.1, 0.15) is 37.9 Å². The minimum absolute atomic E-state index is 0.0387. The van der Waals surface area contributed by atoms with Crippen LogP contribution in [-0.2, 0) is 14.4 Å². The normalized spacial score (nSPS) is 19.8. The highest BCUT2D eigenvalue weighted by molar-refractivity contribution is 6.30. The molecule has 3 aliphatic rings. The van der Waals surface area contributed by atoms with Gasteiger partial charge in [-0.25, -0.2) is 14.4 Å². The second kappa shape index (κ2) is 12.0. The molecule has 3 fully saturated rings. The number of rotatable bonds is 4. The van der Waals surface area contributed by atoms with Crippen molar-refractivity contribution in [1.29, 1.82) is 0 Å². The Morgan fingerprint density at radius 3 is 1.83 bits per heavy atom. The highest BCUT2D eigenvalue weighted by Gasteiger charge is 2.51. The van der Waals surface area contributed by atoms with Gasteiger partial charge in [-0.05, 0) is 56.2 Å². The first-order chi connectivity index (χ1) is 19.9. The minimum atomic E-state index is -0.942. The number of amides is 5. The van der Waals surface area contributed by atoms with Crippen molar-refractivity contribution in [3.05, 3.63) is 69.7 Å². The van der Waals surface area contributed by atoms with E-state index in [1.807, 2.05) is 48.5 Å². The number of nitrogens with zero attached hydrogens (tertiary/aromatic N) is 5. The Kier molecular flexibility index (Phi) is 8.54. The third kappa shape index (κ3) is 6.43. The lowest BCUT2D eigenvalue weighted by Crippen LogP contribution is -2.55. The standard InChI is InChI=1S/C29H33Cl2N5O6/c1-29(2,3)41-27(39)34-16-17-35-23(18-34)25(37)36(26(35)38)42-28(40)33-14-12-32(13-15-33)24(19-4-8-21(30)9-5-19)20-6-10-22(31)11-7-20/h4-11,23-24H,12-18H2,1-3H3. The van der Waals surface area contributed by atoms with E-state index in [0.29, 0.717) is 41.3 Å². The largest absolute Gasteiger partial charge is 0.444 e. The molecule has 0 aliphatic carbocycles. The Morgan fingerprint density at radius 1 is 0.786 bits per heavy atom. The lowest BCUT2D eigenvalue weighted by molar-refractivity contribution is -0.152. The molecule has 13 heteroatoms. The summed E-state index contributed by atoms with van der Waals surface area (Å²) in [6.07, 6.45) is -1.35. The molecule has 0 saturated carbocycles. The third-order valence-corrected chi connectivity index (χ3v) is 7.92. The predicted molar refractivity (Wildman–Crippen MR) is 155 cm³/mol. The summed E-state index contributed by atoms with van der Waals surface area (Å²) in [5.41, 5.74) is 1.39. The summed E-state index contributed by atoms with van der Waals surface area (Å²) in [5.74, 6) is -0.689. The molecule has 42 heavy (non-hydrogen) atoms. The van der Waals surface area contributed by atoms with Crippen LogP contribution >= 0.6 is 23.2 Å². The Balaban J connectivity index is 1.21. The van der Waals surface area contributed by atoms with Gasteiger partial charge in [-0.3, -0.25) is 9.69 Å². The molecule has 224 valence electrons. The number of carbonyl (C=O) groups is 4. The van der Waals surface area contributed by atoms with Crippen molar-refractivity contribution in [1.82, 2.24) is 24.7 Å². The van der Waals surface area contributed by atoms with Crippen LogP contribution in [0.4, 0.5) is 14.4 Å². The summed E-state index contributed by atoms with van der Waals surface area (Å²) < 4.78 is 5.40. The Hall–Kier alpha value is -3.54. The van der Waals surface area contributed by atoms with Crippen molar-refractivity contribution in [3.63, 3.8) is 0 Å². The molecule has 0 radical (unpaired) electrons. The van der Waals surface area contributed by atoms with Crippen molar-refractivity contribution < 1.29 is 28.8 Å². The van der Waals surface area contributed by atoms with E-state index < -0.39 is 35.8 Å². The first kappa shape index (κ1) is 29.9. The van der Waals surface area contributed by atoms with E-state index in [2.05, 4.69) is 4.90 Å². The van der Waals surface area contributed by atoms with Crippen LogP contribution in [0.5, 0.6) is 0 Å². The Bertz CT molecular complexity index is 1300. The van der Waals surface area contributed by atoms with Crippen LogP contribution in [0.3, 0.4) is 0 Å². The van der Waals surface area contributed by atoms with E-state index in [9.17, 15) is 19.2 Å². The first-order valence-corrected chi connectivity index (χ1v) is 14.5. The summed E-state index contributed by atoms with van der Waals surface area (Å²) >= 11 is 12.3. The molecule has 0 bridgehead atoms. The third-order valence-electron chi connectivity index (χ3n) is 7.42. The molecule has 5 rings (SSSR count). The maximum absolute atomic E-state index is 13.1. The van der Waals surface area contributed by atoms with Gasteiger partial charge in [0.1, 0.15) is 11.6 Å². The number of imide groups is 1. The number of hydrogen-bond acceptors (Lipinski definition) is 7. The monoisotopic (exact) mass is 617 g/mol. The number of halogens is 2. The number of ether oxygens (including phenoxy) is 1. The summed E-state index contributed by atoms with van der Waals surface area (Å²) in [4.78, 5) is 63.4. The van der Waals surface area contributed by atoms with Crippen LogP contribution in [0.25, 0.3) is 0 Å². The van der Waals surface area contributed by atoms with Crippen LogP contribution in [0, 0.1) is 0 Å². The predicted octanol–water partition coefficient (Wildman–Crippen LogP) is 4.64. The average molecular weight is 619 g/mol. The first-order valence-electron chi connectivity index (χ1n) is 13.8. The molecule has 1 atom stereocenters. The van der Waals surface area contributed by atoms with Crippen molar-refractivity contribution >= 4 is 47.3 Å². The number of carbonyl (C=O) groups excluding carboxylic acids is 4. The Morgan fingerprint density at radius 2 is 1.31 bits per heavy atom. The number of piperazine rings is 2. The lowest BCUT2D eigenvalue weighted by Gasteiger charge is -2.39. The quantitative estimate of drug-likeness (QED) is 0.461. The van der Waals surface area contributed by atoms with Gasteiger partial charge in [0.05, 0.1) is 12.6 Å². The fourth-order valence-electron chi connectivity index (χ4n) is 5.35. The molecule has 2 aromatic carbocycles. The summed E-state index contributed by atoms with van der Waals surface area (Å²) in [6, 6.07) is 13.5. The molecular formula is C29H33Cl2N5O6. The van der Waals surface area contributed by atoms with E-state index >= 15 is 0 Å². The molecule has 1 unspecified atom stereocenters. The number of benzene rings is 2. The summed E-state index contributed by atoms with van der Waals surface area (Å²) in [6.45, 7) is 7.24. The number of fused-ring (bicyclic) bond motifs is 1. The van der Waals surface area contributed by atoms with Crippen molar-refractivity contribution in [2.75, 3.05) is 45.8 Å². The fraction of sp³-hybridized carbons (Fsp3) is 0.448. The molecule has 11 nitrogen and oxygen atoms in total. The van der Waals surface area contributed by atoms with Gasteiger partial charge in [0.2, 0.25) is 0 Å². The fourth-order valence-corrected chi connectivity index (χ4v) is 5.60. The van der Waals surface area contributed by atoms with Gasteiger partial charge in [0, 0.05) is 49.3 Å². The molecule has 3 saturated heterocycles. The van der Waals surface area contributed by atoms with Crippen LogP contribution in [0.2, 0.25) is 10.0 Å². The summed E-state index contributed by atoms with van der Waals surface area (Å²) in [5, 5.41) is 1.80. The molecule has 0 N–H and O–H groups in total. The number of hydroxylamine groups is 2. The van der Waals surface area contributed by atoms with E-state index in [1.54, 1.807) is 20.8 Å². The van der Waals surface area contributed by atoms with E-state index in [-0.39, 0.29) is 25.7 Å². The maximum atomic E-state index is 13.1. The SMILES string of the molecule is CC(C)(C)OC(=O)N1CCN2C(=O)N(OC(=O)N3CCN(C(c4ccc(Cl)cc4)c4ccc(Cl)cc4)CC3)C(=O)C2C1. The van der Waals surface area contributed by atoms with Crippen molar-refractivity contribution in [3.8, 4) is 0 Å². The van der Waals surface area contributed by atoms with Gasteiger partial charge < -0.3 is 24.3 Å². The smallest absolute Gasteiger partial charge is 0.434 e. The van der Waals surface area contributed by atoms with E-state index in [4.69, 9.17) is 32.8 Å². The number of hydrogen-bond donors (Lipinski definition) is 0. The van der Waals surface area contributed by atoms with Gasteiger partial charge in [-0.15, -0.1) is 0 Å². The second-order valence-electron chi connectivity index (χ2n) is 11.4. The van der Waals surface area contributed by atoms with Gasteiger partial charge in [0.25, 0.3) is 5.91 Å². The zero-order valence-corrected chi connectivity index (χ0v) is 25.2. The molecule has 2 aromatic rings. The van der Waals surface area contributed by atoms with Gasteiger partial charge >= 0.3 is 18.2 Å². The molecule has 3 aliphatic heterocycles. The topological polar surface area (TPSA) is 103 Å². The minimum Gasteiger partial charge on any atom is -0.444 e. The van der Waals surface area contributed by atoms with E-state index in [1.165, 1.54) is 14.7 Å². The zero-order chi connectivity index (χ0) is 30.2. The molecule has 0 spiro atoms. The zero-order valence-electron chi connectivity index (χ0n) is 23.7. The maximum Gasteiger partial charge on any atom is 0.434 e. The summed E-state index contributed by atoms with van der Waals surface area (Å²) in [7, 11) is 0. The molecule has 5 amide bonds. The molecule has 3 heterocycles. The van der Waals surface area contributed by atoms with Gasteiger partial charge in [-0.1, -0.05) is 52.5 Å².